The van der Waals surface area contributed by atoms with E-state index in [0.29, 0.717) is 0 Å². The monoisotopic (exact) mass is 233 g/mol. The van der Waals surface area contributed by atoms with Gasteiger partial charge in [0, 0.05) is 12.1 Å². The van der Waals surface area contributed by atoms with Crippen molar-refractivity contribution in [2.45, 2.75) is 38.3 Å². The van der Waals surface area contributed by atoms with E-state index < -0.39 is 5.97 Å². The van der Waals surface area contributed by atoms with E-state index in [9.17, 15) is 4.79 Å². The van der Waals surface area contributed by atoms with E-state index in [4.69, 9.17) is 5.11 Å². The van der Waals surface area contributed by atoms with Gasteiger partial charge >= 0.3 is 5.97 Å². The summed E-state index contributed by atoms with van der Waals surface area (Å²) >= 11 is 0. The van der Waals surface area contributed by atoms with Crippen molar-refractivity contribution in [3.8, 4) is 0 Å². The molecule has 1 saturated heterocycles. The Labute approximate surface area is 102 Å². The second-order valence-electron chi connectivity index (χ2n) is 5.08. The Kier molecular flexibility index (Phi) is 3.48. The quantitative estimate of drug-likeness (QED) is 0.868. The van der Waals surface area contributed by atoms with Crippen LogP contribution in [0.2, 0.25) is 0 Å². The van der Waals surface area contributed by atoms with Crippen molar-refractivity contribution < 1.29 is 9.90 Å². The van der Waals surface area contributed by atoms with E-state index in [1.165, 1.54) is 5.56 Å². The van der Waals surface area contributed by atoms with E-state index in [1.807, 2.05) is 18.2 Å². The van der Waals surface area contributed by atoms with Gasteiger partial charge in [0.25, 0.3) is 0 Å². The maximum absolute atomic E-state index is 10.9. The zero-order valence-corrected chi connectivity index (χ0v) is 10.2. The average molecular weight is 233 g/mol. The predicted octanol–water partition coefficient (Wildman–Crippen LogP) is 2.52. The second kappa shape index (κ2) is 4.88. The third kappa shape index (κ3) is 2.86. The largest absolute Gasteiger partial charge is 0.481 e. The molecule has 1 aliphatic rings. The van der Waals surface area contributed by atoms with Crippen LogP contribution < -0.4 is 0 Å². The number of likely N-dealkylation sites (tertiary alicyclic amines) is 1. The summed E-state index contributed by atoms with van der Waals surface area (Å²) in [6.07, 6.45) is 2.31. The molecule has 0 unspecified atom stereocenters. The Morgan fingerprint density at radius 3 is 2.76 bits per heavy atom. The normalized spacial score (nSPS) is 25.0. The van der Waals surface area contributed by atoms with Gasteiger partial charge < -0.3 is 5.11 Å². The van der Waals surface area contributed by atoms with Crippen LogP contribution in [0, 0.1) is 0 Å². The number of carbonyl (C=O) groups is 1. The van der Waals surface area contributed by atoms with Crippen LogP contribution in [0.1, 0.15) is 31.7 Å². The molecule has 1 aromatic carbocycles. The summed E-state index contributed by atoms with van der Waals surface area (Å²) in [6.45, 7) is 3.92. The molecule has 1 N–H and O–H groups in total. The van der Waals surface area contributed by atoms with Crippen molar-refractivity contribution in [1.82, 2.24) is 4.90 Å². The molecule has 92 valence electrons. The molecule has 3 nitrogen and oxygen atoms in total. The smallest absolute Gasteiger partial charge is 0.305 e. The number of nitrogens with zero attached hydrogens (tertiary/aromatic N) is 1. The van der Waals surface area contributed by atoms with E-state index in [0.717, 1.165) is 25.9 Å². The number of benzene rings is 1. The van der Waals surface area contributed by atoms with E-state index in [2.05, 4.69) is 24.0 Å². The summed E-state index contributed by atoms with van der Waals surface area (Å²) in [7, 11) is 0. The summed E-state index contributed by atoms with van der Waals surface area (Å²) in [6, 6.07) is 10.3. The SMILES string of the molecule is C[C@@]1(CC(=O)O)CCCN1Cc1ccccc1. The molecule has 1 aromatic rings. The van der Waals surface area contributed by atoms with Crippen molar-refractivity contribution in [3.05, 3.63) is 35.9 Å². The Balaban J connectivity index is 2.07. The lowest BCUT2D eigenvalue weighted by molar-refractivity contribution is -0.139. The number of aliphatic carboxylic acids is 1. The second-order valence-corrected chi connectivity index (χ2v) is 5.08. The third-order valence-corrected chi connectivity index (χ3v) is 3.66. The first-order chi connectivity index (χ1) is 8.10. The summed E-state index contributed by atoms with van der Waals surface area (Å²) in [4.78, 5) is 13.2. The van der Waals surface area contributed by atoms with Gasteiger partial charge in [-0.1, -0.05) is 30.3 Å². The Morgan fingerprint density at radius 2 is 2.12 bits per heavy atom. The molecule has 0 aliphatic carbocycles. The van der Waals surface area contributed by atoms with Crippen LogP contribution in [0.15, 0.2) is 30.3 Å². The molecule has 1 aliphatic heterocycles. The van der Waals surface area contributed by atoms with Crippen LogP contribution >= 0.6 is 0 Å². The first-order valence-corrected chi connectivity index (χ1v) is 6.11. The summed E-state index contributed by atoms with van der Waals surface area (Å²) in [5.74, 6) is -0.701. The molecule has 3 heteroatoms. The zero-order valence-electron chi connectivity index (χ0n) is 10.2. The van der Waals surface area contributed by atoms with Crippen molar-refractivity contribution in [1.29, 1.82) is 0 Å². The van der Waals surface area contributed by atoms with E-state index >= 15 is 0 Å². The number of hydrogen-bond donors (Lipinski definition) is 1. The highest BCUT2D eigenvalue weighted by Gasteiger charge is 2.38. The zero-order chi connectivity index (χ0) is 12.3. The summed E-state index contributed by atoms with van der Waals surface area (Å²) in [5, 5.41) is 9.00. The minimum atomic E-state index is -0.701. The summed E-state index contributed by atoms with van der Waals surface area (Å²) < 4.78 is 0. The highest BCUT2D eigenvalue weighted by atomic mass is 16.4. The van der Waals surface area contributed by atoms with Gasteiger partial charge in [-0.2, -0.15) is 0 Å². The maximum atomic E-state index is 10.9. The molecule has 0 radical (unpaired) electrons. The van der Waals surface area contributed by atoms with Crippen LogP contribution in [0.3, 0.4) is 0 Å². The minimum absolute atomic E-state index is 0.179. The standard InChI is InChI=1S/C14H19NO2/c1-14(10-13(16)17)8-5-9-15(14)11-12-6-3-2-4-7-12/h2-4,6-7H,5,8-11H2,1H3,(H,16,17)/t14-/m0/s1. The van der Waals surface area contributed by atoms with Crippen LogP contribution in [-0.2, 0) is 11.3 Å². The molecular formula is C14H19NO2. The van der Waals surface area contributed by atoms with Gasteiger partial charge in [0.2, 0.25) is 0 Å². The molecule has 17 heavy (non-hydrogen) atoms. The van der Waals surface area contributed by atoms with Crippen LogP contribution in [0.25, 0.3) is 0 Å². The molecule has 2 rings (SSSR count). The Morgan fingerprint density at radius 1 is 1.41 bits per heavy atom. The highest BCUT2D eigenvalue weighted by Crippen LogP contribution is 2.33. The molecule has 0 saturated carbocycles. The Hall–Kier alpha value is -1.35. The van der Waals surface area contributed by atoms with Gasteiger partial charge in [-0.3, -0.25) is 9.69 Å². The van der Waals surface area contributed by atoms with Crippen LogP contribution in [-0.4, -0.2) is 28.1 Å². The van der Waals surface area contributed by atoms with Crippen molar-refractivity contribution in [3.63, 3.8) is 0 Å². The number of carboxylic acid groups (broad SMARTS) is 1. The predicted molar refractivity (Wildman–Crippen MR) is 66.7 cm³/mol. The molecule has 0 aromatic heterocycles. The average Bonchev–Trinajstić information content (AvgIpc) is 2.60. The molecular weight excluding hydrogens is 214 g/mol. The number of hydrogen-bond acceptors (Lipinski definition) is 2. The first kappa shape index (κ1) is 12.1. The molecule has 0 amide bonds. The third-order valence-electron chi connectivity index (χ3n) is 3.66. The van der Waals surface area contributed by atoms with Crippen molar-refractivity contribution >= 4 is 5.97 Å². The van der Waals surface area contributed by atoms with Crippen LogP contribution in [0.5, 0.6) is 0 Å². The van der Waals surface area contributed by atoms with Gasteiger partial charge in [-0.05, 0) is 31.9 Å². The number of rotatable bonds is 4. The molecule has 1 fully saturated rings. The molecule has 0 bridgehead atoms. The van der Waals surface area contributed by atoms with Gasteiger partial charge in [0.15, 0.2) is 0 Å². The number of carboxylic acids is 1. The van der Waals surface area contributed by atoms with Crippen molar-refractivity contribution in [2.75, 3.05) is 6.54 Å². The maximum Gasteiger partial charge on any atom is 0.305 e. The lowest BCUT2D eigenvalue weighted by Crippen LogP contribution is -2.42. The van der Waals surface area contributed by atoms with Gasteiger partial charge in [-0.15, -0.1) is 0 Å². The molecule has 1 heterocycles. The highest BCUT2D eigenvalue weighted by molar-refractivity contribution is 5.68. The van der Waals surface area contributed by atoms with E-state index in [-0.39, 0.29) is 12.0 Å². The fourth-order valence-corrected chi connectivity index (χ4v) is 2.68. The molecule has 1 atom stereocenters. The lowest BCUT2D eigenvalue weighted by Gasteiger charge is -2.34. The fourth-order valence-electron chi connectivity index (χ4n) is 2.68. The lowest BCUT2D eigenvalue weighted by atomic mass is 9.94. The van der Waals surface area contributed by atoms with Gasteiger partial charge in [-0.25, -0.2) is 0 Å². The van der Waals surface area contributed by atoms with Crippen LogP contribution in [0.4, 0.5) is 0 Å². The molecule has 0 spiro atoms. The first-order valence-electron chi connectivity index (χ1n) is 6.11. The fraction of sp³-hybridized carbons (Fsp3) is 0.500. The topological polar surface area (TPSA) is 40.5 Å². The Bertz CT molecular complexity index is 390. The van der Waals surface area contributed by atoms with Crippen molar-refractivity contribution in [2.24, 2.45) is 0 Å². The van der Waals surface area contributed by atoms with Gasteiger partial charge in [0.05, 0.1) is 6.42 Å². The van der Waals surface area contributed by atoms with E-state index in [1.54, 1.807) is 0 Å². The minimum Gasteiger partial charge on any atom is -0.481 e. The van der Waals surface area contributed by atoms with Gasteiger partial charge in [0.1, 0.15) is 0 Å². The summed E-state index contributed by atoms with van der Waals surface area (Å²) in [5.41, 5.74) is 1.08.